The minimum absolute atomic E-state index is 0.0248. The number of carbonyl (C=O) groups is 1. The Kier molecular flexibility index (Phi) is 3.75. The molecule has 21 heavy (non-hydrogen) atoms. The fourth-order valence-electron chi connectivity index (χ4n) is 5.87. The highest BCUT2D eigenvalue weighted by atomic mass is 19.3. The standard InChI is InChI=1S/C16H25F2NO2/c1-15-5-11-4-12(6-15)8-16(7-11,10-15)14(21)19(2-3-20)9-13(17)18/h11-13,20H,2-10H2,1H3. The predicted octanol–water partition coefficient (Wildman–Crippen LogP) is 2.68. The van der Waals surface area contributed by atoms with E-state index in [4.69, 9.17) is 5.11 Å². The van der Waals surface area contributed by atoms with Gasteiger partial charge in [0.25, 0.3) is 6.43 Å². The number of halogens is 2. The molecule has 1 N–H and O–H groups in total. The molecule has 0 heterocycles. The second kappa shape index (κ2) is 5.18. The summed E-state index contributed by atoms with van der Waals surface area (Å²) in [7, 11) is 0. The molecule has 1 amide bonds. The summed E-state index contributed by atoms with van der Waals surface area (Å²) in [6.45, 7) is 1.48. The molecule has 4 bridgehead atoms. The van der Waals surface area contributed by atoms with E-state index in [1.165, 1.54) is 24.2 Å². The highest BCUT2D eigenvalue weighted by Gasteiger charge is 2.59. The average Bonchev–Trinajstić information content (AvgIpc) is 2.33. The van der Waals surface area contributed by atoms with Gasteiger partial charge in [0, 0.05) is 6.54 Å². The number of rotatable bonds is 5. The van der Waals surface area contributed by atoms with E-state index in [2.05, 4.69) is 6.92 Å². The van der Waals surface area contributed by atoms with Crippen molar-refractivity contribution in [2.45, 2.75) is 51.9 Å². The van der Waals surface area contributed by atoms with Crippen LogP contribution in [0.2, 0.25) is 0 Å². The zero-order chi connectivity index (χ0) is 15.3. The van der Waals surface area contributed by atoms with Crippen LogP contribution in [-0.4, -0.2) is 42.0 Å². The monoisotopic (exact) mass is 301 g/mol. The van der Waals surface area contributed by atoms with Crippen LogP contribution >= 0.6 is 0 Å². The van der Waals surface area contributed by atoms with E-state index in [-0.39, 0.29) is 24.5 Å². The SMILES string of the molecule is CC12CC3CC(C1)CC(C(=O)N(CCO)CC(F)F)(C3)C2. The van der Waals surface area contributed by atoms with Gasteiger partial charge in [0.15, 0.2) is 0 Å². The number of aliphatic hydroxyl groups is 1. The number of hydrogen-bond acceptors (Lipinski definition) is 2. The maximum Gasteiger partial charge on any atom is 0.255 e. The van der Waals surface area contributed by atoms with Crippen molar-refractivity contribution in [2.24, 2.45) is 22.7 Å². The van der Waals surface area contributed by atoms with Gasteiger partial charge in [-0.3, -0.25) is 4.79 Å². The Morgan fingerprint density at radius 2 is 1.90 bits per heavy atom. The fourth-order valence-corrected chi connectivity index (χ4v) is 5.87. The quantitative estimate of drug-likeness (QED) is 0.848. The molecule has 0 aromatic rings. The van der Waals surface area contributed by atoms with Crippen LogP contribution in [0.1, 0.15) is 45.4 Å². The molecule has 4 aliphatic rings. The summed E-state index contributed by atoms with van der Waals surface area (Å²) in [6.07, 6.45) is 3.62. The minimum atomic E-state index is -2.54. The van der Waals surface area contributed by atoms with Crippen LogP contribution in [0, 0.1) is 22.7 Å². The van der Waals surface area contributed by atoms with Gasteiger partial charge < -0.3 is 10.0 Å². The fraction of sp³-hybridized carbons (Fsp3) is 0.938. The second-order valence-corrected chi connectivity index (χ2v) is 7.92. The lowest BCUT2D eigenvalue weighted by molar-refractivity contribution is -0.168. The van der Waals surface area contributed by atoms with Gasteiger partial charge in [-0.05, 0) is 55.8 Å². The second-order valence-electron chi connectivity index (χ2n) is 7.92. The summed E-state index contributed by atoms with van der Waals surface area (Å²) in [5.74, 6) is 1.04. The minimum Gasteiger partial charge on any atom is -0.395 e. The first kappa shape index (κ1) is 15.2. The zero-order valence-corrected chi connectivity index (χ0v) is 12.7. The van der Waals surface area contributed by atoms with Crippen molar-refractivity contribution in [1.29, 1.82) is 0 Å². The first-order chi connectivity index (χ1) is 9.86. The summed E-state index contributed by atoms with van der Waals surface area (Å²) < 4.78 is 25.5. The van der Waals surface area contributed by atoms with E-state index in [0.29, 0.717) is 11.8 Å². The Labute approximate surface area is 124 Å². The van der Waals surface area contributed by atoms with E-state index in [0.717, 1.165) is 19.3 Å². The number of aliphatic hydroxyl groups excluding tert-OH is 1. The zero-order valence-electron chi connectivity index (χ0n) is 12.7. The molecule has 0 saturated heterocycles. The van der Waals surface area contributed by atoms with Gasteiger partial charge in [-0.2, -0.15) is 0 Å². The maximum absolute atomic E-state index is 12.9. The molecule has 0 aliphatic heterocycles. The van der Waals surface area contributed by atoms with Crippen molar-refractivity contribution < 1.29 is 18.7 Å². The molecule has 0 spiro atoms. The van der Waals surface area contributed by atoms with Crippen molar-refractivity contribution in [2.75, 3.05) is 19.7 Å². The van der Waals surface area contributed by atoms with Crippen molar-refractivity contribution in [1.82, 2.24) is 4.90 Å². The molecule has 4 saturated carbocycles. The summed E-state index contributed by atoms with van der Waals surface area (Å²) in [4.78, 5) is 14.2. The Morgan fingerprint density at radius 3 is 2.38 bits per heavy atom. The molecular weight excluding hydrogens is 276 g/mol. The molecule has 5 heteroatoms. The van der Waals surface area contributed by atoms with Gasteiger partial charge in [-0.1, -0.05) is 6.92 Å². The third-order valence-electron chi connectivity index (χ3n) is 5.82. The van der Waals surface area contributed by atoms with Gasteiger partial charge in [-0.25, -0.2) is 8.78 Å². The van der Waals surface area contributed by atoms with Gasteiger partial charge >= 0.3 is 0 Å². The van der Waals surface area contributed by atoms with E-state index < -0.39 is 18.4 Å². The number of alkyl halides is 2. The third-order valence-corrected chi connectivity index (χ3v) is 5.82. The Hall–Kier alpha value is -0.710. The smallest absolute Gasteiger partial charge is 0.255 e. The van der Waals surface area contributed by atoms with Crippen molar-refractivity contribution in [3.8, 4) is 0 Å². The van der Waals surface area contributed by atoms with Gasteiger partial charge in [0.2, 0.25) is 5.91 Å². The number of hydrogen-bond donors (Lipinski definition) is 1. The maximum atomic E-state index is 12.9. The lowest BCUT2D eigenvalue weighted by Crippen LogP contribution is -2.58. The molecule has 2 unspecified atom stereocenters. The number of nitrogens with zero attached hydrogens (tertiary/aromatic N) is 1. The first-order valence-electron chi connectivity index (χ1n) is 8.04. The third kappa shape index (κ3) is 2.69. The van der Waals surface area contributed by atoms with Crippen LogP contribution in [0.15, 0.2) is 0 Å². The lowest BCUT2D eigenvalue weighted by Gasteiger charge is -2.61. The topological polar surface area (TPSA) is 40.5 Å². The summed E-state index contributed by atoms with van der Waals surface area (Å²) in [5, 5.41) is 9.09. The van der Waals surface area contributed by atoms with Crippen molar-refractivity contribution in [3.05, 3.63) is 0 Å². The Morgan fingerprint density at radius 1 is 1.29 bits per heavy atom. The van der Waals surface area contributed by atoms with Gasteiger partial charge in [-0.15, -0.1) is 0 Å². The summed E-state index contributed by atoms with van der Waals surface area (Å²) in [5.41, 5.74) is -0.210. The molecule has 3 nitrogen and oxygen atoms in total. The van der Waals surface area contributed by atoms with E-state index in [1.54, 1.807) is 0 Å². The summed E-state index contributed by atoms with van der Waals surface area (Å²) >= 11 is 0. The number of carbonyl (C=O) groups excluding carboxylic acids is 1. The van der Waals surface area contributed by atoms with Crippen molar-refractivity contribution in [3.63, 3.8) is 0 Å². The highest BCUT2D eigenvalue weighted by molar-refractivity contribution is 5.83. The highest BCUT2D eigenvalue weighted by Crippen LogP contribution is 2.65. The molecule has 4 fully saturated rings. The summed E-state index contributed by atoms with van der Waals surface area (Å²) in [6, 6.07) is 0. The van der Waals surface area contributed by atoms with E-state index >= 15 is 0 Å². The molecule has 4 rings (SSSR count). The van der Waals surface area contributed by atoms with Crippen LogP contribution < -0.4 is 0 Å². The molecule has 0 aromatic carbocycles. The molecule has 0 aromatic heterocycles. The Bertz CT molecular complexity index is 413. The normalized spacial score (nSPS) is 40.8. The lowest BCUT2D eigenvalue weighted by atomic mass is 9.44. The van der Waals surface area contributed by atoms with Gasteiger partial charge in [0.05, 0.1) is 18.6 Å². The van der Waals surface area contributed by atoms with Gasteiger partial charge in [0.1, 0.15) is 0 Å². The first-order valence-corrected chi connectivity index (χ1v) is 8.04. The Balaban J connectivity index is 1.82. The average molecular weight is 301 g/mol. The molecule has 2 atom stereocenters. The predicted molar refractivity (Wildman–Crippen MR) is 74.9 cm³/mol. The van der Waals surface area contributed by atoms with Crippen molar-refractivity contribution >= 4 is 5.91 Å². The van der Waals surface area contributed by atoms with E-state index in [1.807, 2.05) is 0 Å². The molecule has 0 radical (unpaired) electrons. The number of amides is 1. The van der Waals surface area contributed by atoms with Crippen LogP contribution in [0.4, 0.5) is 8.78 Å². The van der Waals surface area contributed by atoms with Crippen LogP contribution in [0.5, 0.6) is 0 Å². The van der Waals surface area contributed by atoms with Crippen LogP contribution in [-0.2, 0) is 4.79 Å². The largest absolute Gasteiger partial charge is 0.395 e. The molecule has 4 aliphatic carbocycles. The van der Waals surface area contributed by atoms with Crippen LogP contribution in [0.25, 0.3) is 0 Å². The molecular formula is C16H25F2NO2. The van der Waals surface area contributed by atoms with Crippen LogP contribution in [0.3, 0.4) is 0 Å². The molecule has 120 valence electrons. The van der Waals surface area contributed by atoms with E-state index in [9.17, 15) is 13.6 Å².